The molecule has 0 aliphatic heterocycles. The Morgan fingerprint density at radius 1 is 1.05 bits per heavy atom. The Kier molecular flexibility index (Phi) is 7.65. The van der Waals surface area contributed by atoms with Crippen molar-refractivity contribution in [2.45, 2.75) is 53.1 Å². The maximum absolute atomic E-state index is 11.7. The van der Waals surface area contributed by atoms with Gasteiger partial charge in [0.15, 0.2) is 11.5 Å². The average molecular weight is 294 g/mol. The summed E-state index contributed by atoms with van der Waals surface area (Å²) in [5.74, 6) is 1.19. The van der Waals surface area contributed by atoms with E-state index in [2.05, 4.69) is 13.8 Å². The molecule has 0 radical (unpaired) electrons. The van der Waals surface area contributed by atoms with Gasteiger partial charge in [-0.1, -0.05) is 19.9 Å². The molecule has 0 unspecified atom stereocenters. The maximum Gasteiger partial charge on any atom is 0.310 e. The van der Waals surface area contributed by atoms with Gasteiger partial charge < -0.3 is 14.2 Å². The fourth-order valence-electron chi connectivity index (χ4n) is 1.79. The van der Waals surface area contributed by atoms with Crippen LogP contribution in [-0.2, 0) is 16.0 Å². The number of hydrogen-bond acceptors (Lipinski definition) is 4. The highest BCUT2D eigenvalue weighted by molar-refractivity contribution is 5.73. The lowest BCUT2D eigenvalue weighted by Crippen LogP contribution is -2.13. The molecular weight excluding hydrogens is 268 g/mol. The molecule has 0 N–H and O–H groups in total. The fraction of sp³-hybridized carbons (Fsp3) is 0.588. The van der Waals surface area contributed by atoms with Crippen molar-refractivity contribution in [3.63, 3.8) is 0 Å². The lowest BCUT2D eigenvalue weighted by molar-refractivity contribution is -0.146. The number of ether oxygens (including phenoxy) is 3. The van der Waals surface area contributed by atoms with E-state index < -0.39 is 0 Å². The number of carbonyl (C=O) groups is 1. The van der Waals surface area contributed by atoms with Crippen LogP contribution in [0.4, 0.5) is 0 Å². The lowest BCUT2D eigenvalue weighted by atomic mass is 10.1. The molecule has 0 atom stereocenters. The molecule has 21 heavy (non-hydrogen) atoms. The first-order chi connectivity index (χ1) is 10.1. The maximum atomic E-state index is 11.7. The molecule has 1 aromatic rings. The van der Waals surface area contributed by atoms with Gasteiger partial charge in [0.25, 0.3) is 0 Å². The predicted molar refractivity (Wildman–Crippen MR) is 82.9 cm³/mol. The van der Waals surface area contributed by atoms with E-state index in [-0.39, 0.29) is 18.5 Å². The van der Waals surface area contributed by atoms with E-state index in [4.69, 9.17) is 14.2 Å². The van der Waals surface area contributed by atoms with Gasteiger partial charge in [-0.25, -0.2) is 0 Å². The van der Waals surface area contributed by atoms with Gasteiger partial charge in [0.1, 0.15) is 0 Å². The van der Waals surface area contributed by atoms with Crippen molar-refractivity contribution in [1.82, 2.24) is 0 Å². The Morgan fingerprint density at radius 2 is 1.67 bits per heavy atom. The molecular formula is C17H26O4. The summed E-state index contributed by atoms with van der Waals surface area (Å²) in [6.07, 6.45) is 2.01. The number of esters is 1. The van der Waals surface area contributed by atoms with Gasteiger partial charge in [-0.15, -0.1) is 0 Å². The summed E-state index contributed by atoms with van der Waals surface area (Å²) in [6, 6.07) is 5.60. The number of hydrogen-bond donors (Lipinski definition) is 0. The van der Waals surface area contributed by atoms with Crippen LogP contribution in [0.2, 0.25) is 0 Å². The van der Waals surface area contributed by atoms with Crippen LogP contribution >= 0.6 is 0 Å². The molecule has 0 aliphatic carbocycles. The third-order valence-electron chi connectivity index (χ3n) is 2.65. The van der Waals surface area contributed by atoms with Crippen molar-refractivity contribution in [2.24, 2.45) is 0 Å². The molecule has 0 spiro atoms. The van der Waals surface area contributed by atoms with Crippen LogP contribution in [0.1, 0.15) is 46.1 Å². The first-order valence-electron chi connectivity index (χ1n) is 7.64. The highest BCUT2D eigenvalue weighted by Gasteiger charge is 2.11. The standard InChI is InChI=1S/C17H26O4/c1-5-9-19-15-8-7-14(11-16(15)20-10-6-2)12-17(18)21-13(3)4/h7-8,11,13H,5-6,9-10,12H2,1-4H3. The number of rotatable bonds is 9. The van der Waals surface area contributed by atoms with Crippen LogP contribution in [-0.4, -0.2) is 25.3 Å². The summed E-state index contributed by atoms with van der Waals surface area (Å²) in [5.41, 5.74) is 0.871. The van der Waals surface area contributed by atoms with E-state index >= 15 is 0 Å². The van der Waals surface area contributed by atoms with Crippen molar-refractivity contribution in [1.29, 1.82) is 0 Å². The second-order valence-corrected chi connectivity index (χ2v) is 5.19. The van der Waals surface area contributed by atoms with Gasteiger partial charge in [0, 0.05) is 0 Å². The molecule has 4 nitrogen and oxygen atoms in total. The second kappa shape index (κ2) is 9.27. The van der Waals surface area contributed by atoms with Gasteiger partial charge in [-0.05, 0) is 44.4 Å². The molecule has 118 valence electrons. The van der Waals surface area contributed by atoms with Gasteiger partial charge in [-0.3, -0.25) is 4.79 Å². The van der Waals surface area contributed by atoms with Gasteiger partial charge in [0.2, 0.25) is 0 Å². The first kappa shape index (κ1) is 17.3. The Labute approximate surface area is 127 Å². The Hall–Kier alpha value is -1.71. The van der Waals surface area contributed by atoms with Crippen molar-refractivity contribution >= 4 is 5.97 Å². The summed E-state index contributed by atoms with van der Waals surface area (Å²) >= 11 is 0. The van der Waals surface area contributed by atoms with Crippen LogP contribution in [0.3, 0.4) is 0 Å². The van der Waals surface area contributed by atoms with E-state index in [0.717, 1.165) is 24.2 Å². The third-order valence-corrected chi connectivity index (χ3v) is 2.65. The SMILES string of the molecule is CCCOc1ccc(CC(=O)OC(C)C)cc1OCCC. The van der Waals surface area contributed by atoms with Crippen LogP contribution in [0.25, 0.3) is 0 Å². The summed E-state index contributed by atoms with van der Waals surface area (Å²) in [4.78, 5) is 11.7. The minimum Gasteiger partial charge on any atom is -0.490 e. The Bertz CT molecular complexity index is 440. The summed E-state index contributed by atoms with van der Waals surface area (Å²) in [5, 5.41) is 0. The minimum absolute atomic E-state index is 0.0968. The largest absolute Gasteiger partial charge is 0.490 e. The summed E-state index contributed by atoms with van der Waals surface area (Å²) in [7, 11) is 0. The van der Waals surface area contributed by atoms with E-state index in [1.54, 1.807) is 0 Å². The zero-order valence-electron chi connectivity index (χ0n) is 13.5. The van der Waals surface area contributed by atoms with E-state index in [0.29, 0.717) is 19.0 Å². The van der Waals surface area contributed by atoms with Gasteiger partial charge in [-0.2, -0.15) is 0 Å². The summed E-state index contributed by atoms with van der Waals surface area (Å²) in [6.45, 7) is 9.07. The minimum atomic E-state index is -0.228. The molecule has 0 saturated heterocycles. The molecule has 0 fully saturated rings. The number of benzene rings is 1. The Morgan fingerprint density at radius 3 is 2.24 bits per heavy atom. The molecule has 0 heterocycles. The zero-order valence-corrected chi connectivity index (χ0v) is 13.5. The van der Waals surface area contributed by atoms with E-state index in [1.165, 1.54) is 0 Å². The molecule has 1 aromatic carbocycles. The van der Waals surface area contributed by atoms with Crippen molar-refractivity contribution < 1.29 is 19.0 Å². The quantitative estimate of drug-likeness (QED) is 0.651. The molecule has 4 heteroatoms. The molecule has 1 rings (SSSR count). The summed E-state index contributed by atoms with van der Waals surface area (Å²) < 4.78 is 16.5. The highest BCUT2D eigenvalue weighted by Crippen LogP contribution is 2.29. The van der Waals surface area contributed by atoms with Crippen LogP contribution in [0, 0.1) is 0 Å². The van der Waals surface area contributed by atoms with Crippen molar-refractivity contribution in [2.75, 3.05) is 13.2 Å². The molecule has 0 aromatic heterocycles. The van der Waals surface area contributed by atoms with Crippen molar-refractivity contribution in [3.05, 3.63) is 23.8 Å². The smallest absolute Gasteiger partial charge is 0.310 e. The molecule has 0 amide bonds. The van der Waals surface area contributed by atoms with Crippen LogP contribution in [0.5, 0.6) is 11.5 Å². The van der Waals surface area contributed by atoms with Crippen LogP contribution < -0.4 is 9.47 Å². The van der Waals surface area contributed by atoms with Crippen LogP contribution in [0.15, 0.2) is 18.2 Å². The molecule has 0 aliphatic rings. The monoisotopic (exact) mass is 294 g/mol. The van der Waals surface area contributed by atoms with E-state index in [1.807, 2.05) is 32.0 Å². The second-order valence-electron chi connectivity index (χ2n) is 5.19. The Balaban J connectivity index is 2.79. The van der Waals surface area contributed by atoms with Crippen molar-refractivity contribution in [3.8, 4) is 11.5 Å². The molecule has 0 saturated carbocycles. The third kappa shape index (κ3) is 6.52. The van der Waals surface area contributed by atoms with Gasteiger partial charge in [0.05, 0.1) is 25.7 Å². The predicted octanol–water partition coefficient (Wildman–Crippen LogP) is 3.76. The fourth-order valence-corrected chi connectivity index (χ4v) is 1.79. The van der Waals surface area contributed by atoms with Gasteiger partial charge >= 0.3 is 5.97 Å². The normalized spacial score (nSPS) is 10.5. The zero-order chi connectivity index (χ0) is 15.7. The lowest BCUT2D eigenvalue weighted by Gasteiger charge is -2.14. The highest BCUT2D eigenvalue weighted by atomic mass is 16.5. The number of carbonyl (C=O) groups excluding carboxylic acids is 1. The topological polar surface area (TPSA) is 44.8 Å². The molecule has 0 bridgehead atoms. The van der Waals surface area contributed by atoms with E-state index in [9.17, 15) is 4.79 Å². The average Bonchev–Trinajstić information content (AvgIpc) is 2.43. The first-order valence-corrected chi connectivity index (χ1v) is 7.64.